The van der Waals surface area contributed by atoms with Gasteiger partial charge in [-0.15, -0.1) is 0 Å². The molecule has 0 saturated heterocycles. The first-order valence-electron chi connectivity index (χ1n) is 9.70. The number of rotatable bonds is 9. The van der Waals surface area contributed by atoms with Crippen molar-refractivity contribution < 1.29 is 18.6 Å². The fraction of sp³-hybridized carbons (Fsp3) is 0.208. The van der Waals surface area contributed by atoms with Gasteiger partial charge in [-0.1, -0.05) is 18.2 Å². The SMILES string of the molecule is CCOc1ccc(N=Cc2cc(I)c(OCc3ccccc3F)c(OCC)c2)cc1. The van der Waals surface area contributed by atoms with Crippen LogP contribution in [0.25, 0.3) is 0 Å². The third kappa shape index (κ3) is 5.95. The van der Waals surface area contributed by atoms with Crippen molar-refractivity contribution in [2.45, 2.75) is 20.5 Å². The molecule has 3 rings (SSSR count). The lowest BCUT2D eigenvalue weighted by molar-refractivity contribution is 0.264. The largest absolute Gasteiger partial charge is 0.494 e. The van der Waals surface area contributed by atoms with E-state index in [2.05, 4.69) is 27.6 Å². The molecule has 3 aromatic rings. The summed E-state index contributed by atoms with van der Waals surface area (Å²) >= 11 is 2.19. The van der Waals surface area contributed by atoms with Crippen LogP contribution >= 0.6 is 22.6 Å². The molecule has 30 heavy (non-hydrogen) atoms. The highest BCUT2D eigenvalue weighted by Crippen LogP contribution is 2.35. The Morgan fingerprint density at radius 1 is 0.933 bits per heavy atom. The van der Waals surface area contributed by atoms with Crippen LogP contribution in [0.3, 0.4) is 0 Å². The van der Waals surface area contributed by atoms with Crippen molar-refractivity contribution >= 4 is 34.5 Å². The first-order chi connectivity index (χ1) is 14.6. The number of halogens is 2. The molecule has 0 aliphatic carbocycles. The van der Waals surface area contributed by atoms with Crippen molar-refractivity contribution in [1.82, 2.24) is 0 Å². The van der Waals surface area contributed by atoms with E-state index in [1.54, 1.807) is 24.4 Å². The summed E-state index contributed by atoms with van der Waals surface area (Å²) in [6.07, 6.45) is 1.78. The van der Waals surface area contributed by atoms with E-state index in [0.717, 1.165) is 20.6 Å². The summed E-state index contributed by atoms with van der Waals surface area (Å²) < 4.78 is 31.9. The molecule has 0 unspecified atom stereocenters. The number of nitrogens with zero attached hydrogens (tertiary/aromatic N) is 1. The molecule has 4 nitrogen and oxygen atoms in total. The fourth-order valence-electron chi connectivity index (χ4n) is 2.78. The molecule has 0 bridgehead atoms. The molecule has 0 radical (unpaired) electrons. The predicted octanol–water partition coefficient (Wildman–Crippen LogP) is 6.56. The summed E-state index contributed by atoms with van der Waals surface area (Å²) in [4.78, 5) is 4.53. The van der Waals surface area contributed by atoms with Gasteiger partial charge in [-0.05, 0) is 84.5 Å². The Labute approximate surface area is 189 Å². The van der Waals surface area contributed by atoms with E-state index in [9.17, 15) is 4.39 Å². The average molecular weight is 519 g/mol. The quantitative estimate of drug-likeness (QED) is 0.238. The second-order valence-electron chi connectivity index (χ2n) is 6.33. The Kier molecular flexibility index (Phi) is 8.07. The molecule has 0 N–H and O–H groups in total. The van der Waals surface area contributed by atoms with Crippen LogP contribution < -0.4 is 14.2 Å². The number of hydrogen-bond acceptors (Lipinski definition) is 4. The molecule has 0 heterocycles. The Hall–Kier alpha value is -2.61. The zero-order valence-electron chi connectivity index (χ0n) is 16.9. The Morgan fingerprint density at radius 3 is 2.37 bits per heavy atom. The summed E-state index contributed by atoms with van der Waals surface area (Å²) in [5.74, 6) is 1.73. The van der Waals surface area contributed by atoms with Gasteiger partial charge in [0.15, 0.2) is 11.5 Å². The van der Waals surface area contributed by atoms with Gasteiger partial charge in [0.05, 0.1) is 22.5 Å². The lowest BCUT2D eigenvalue weighted by Crippen LogP contribution is -2.03. The maximum atomic E-state index is 13.9. The van der Waals surface area contributed by atoms with Gasteiger partial charge in [0.1, 0.15) is 18.2 Å². The summed E-state index contributed by atoms with van der Waals surface area (Å²) in [5, 5.41) is 0. The van der Waals surface area contributed by atoms with Gasteiger partial charge in [-0.3, -0.25) is 4.99 Å². The van der Waals surface area contributed by atoms with E-state index in [4.69, 9.17) is 14.2 Å². The minimum atomic E-state index is -0.287. The maximum Gasteiger partial charge on any atom is 0.175 e. The lowest BCUT2D eigenvalue weighted by Gasteiger charge is -2.15. The van der Waals surface area contributed by atoms with Gasteiger partial charge in [0.2, 0.25) is 0 Å². The van der Waals surface area contributed by atoms with E-state index in [0.29, 0.717) is 30.3 Å². The first kappa shape index (κ1) is 22.1. The maximum absolute atomic E-state index is 13.9. The predicted molar refractivity (Wildman–Crippen MR) is 126 cm³/mol. The molecule has 0 fully saturated rings. The third-order valence-electron chi connectivity index (χ3n) is 4.17. The molecule has 0 aliphatic rings. The molecule has 0 aliphatic heterocycles. The molecular weight excluding hydrogens is 496 g/mol. The molecule has 3 aromatic carbocycles. The van der Waals surface area contributed by atoms with Crippen molar-refractivity contribution in [1.29, 1.82) is 0 Å². The molecule has 0 aromatic heterocycles. The third-order valence-corrected chi connectivity index (χ3v) is 4.97. The van der Waals surface area contributed by atoms with Crippen LogP contribution in [0, 0.1) is 9.39 Å². The van der Waals surface area contributed by atoms with Crippen LogP contribution in [0.5, 0.6) is 17.2 Å². The minimum absolute atomic E-state index is 0.127. The highest BCUT2D eigenvalue weighted by atomic mass is 127. The second kappa shape index (κ2) is 11.0. The normalized spacial score (nSPS) is 10.9. The zero-order chi connectivity index (χ0) is 21.3. The van der Waals surface area contributed by atoms with Crippen molar-refractivity contribution in [3.05, 3.63) is 81.2 Å². The van der Waals surface area contributed by atoms with Gasteiger partial charge in [0, 0.05) is 11.8 Å². The van der Waals surface area contributed by atoms with Crippen molar-refractivity contribution in [2.75, 3.05) is 13.2 Å². The van der Waals surface area contributed by atoms with Crippen LogP contribution in [0.4, 0.5) is 10.1 Å². The summed E-state index contributed by atoms with van der Waals surface area (Å²) in [7, 11) is 0. The Morgan fingerprint density at radius 2 is 1.67 bits per heavy atom. The highest BCUT2D eigenvalue weighted by molar-refractivity contribution is 14.1. The van der Waals surface area contributed by atoms with E-state index in [-0.39, 0.29) is 12.4 Å². The van der Waals surface area contributed by atoms with Crippen molar-refractivity contribution in [3.63, 3.8) is 0 Å². The van der Waals surface area contributed by atoms with Crippen LogP contribution in [0.2, 0.25) is 0 Å². The smallest absolute Gasteiger partial charge is 0.175 e. The average Bonchev–Trinajstić information content (AvgIpc) is 2.74. The van der Waals surface area contributed by atoms with E-state index >= 15 is 0 Å². The van der Waals surface area contributed by atoms with E-state index in [1.807, 2.05) is 50.2 Å². The van der Waals surface area contributed by atoms with Gasteiger partial charge in [0.25, 0.3) is 0 Å². The number of ether oxygens (including phenoxy) is 3. The summed E-state index contributed by atoms with van der Waals surface area (Å²) in [5.41, 5.74) is 2.21. The fourth-order valence-corrected chi connectivity index (χ4v) is 3.56. The van der Waals surface area contributed by atoms with Gasteiger partial charge >= 0.3 is 0 Å². The Balaban J connectivity index is 1.79. The molecule has 0 saturated carbocycles. The summed E-state index contributed by atoms with van der Waals surface area (Å²) in [6, 6.07) is 18.0. The van der Waals surface area contributed by atoms with Gasteiger partial charge < -0.3 is 14.2 Å². The standard InChI is InChI=1S/C24H23FINO3/c1-3-28-20-11-9-19(10-12-20)27-15-17-13-22(26)24(23(14-17)29-4-2)30-16-18-7-5-6-8-21(18)25/h5-15H,3-4,16H2,1-2H3. The number of hydrogen-bond donors (Lipinski definition) is 0. The van der Waals surface area contributed by atoms with Gasteiger partial charge in [-0.2, -0.15) is 0 Å². The zero-order valence-corrected chi connectivity index (χ0v) is 19.1. The molecule has 156 valence electrons. The number of aliphatic imine (C=N–C) groups is 1. The second-order valence-corrected chi connectivity index (χ2v) is 7.49. The van der Waals surface area contributed by atoms with Crippen molar-refractivity contribution in [2.24, 2.45) is 4.99 Å². The Bertz CT molecular complexity index is 1010. The van der Waals surface area contributed by atoms with E-state index in [1.165, 1.54) is 6.07 Å². The van der Waals surface area contributed by atoms with Crippen LogP contribution in [0.1, 0.15) is 25.0 Å². The van der Waals surface area contributed by atoms with Crippen LogP contribution in [0.15, 0.2) is 65.7 Å². The highest BCUT2D eigenvalue weighted by Gasteiger charge is 2.13. The van der Waals surface area contributed by atoms with Gasteiger partial charge in [-0.25, -0.2) is 4.39 Å². The molecule has 0 spiro atoms. The topological polar surface area (TPSA) is 40.0 Å². The lowest BCUT2D eigenvalue weighted by atomic mass is 10.2. The first-order valence-corrected chi connectivity index (χ1v) is 10.8. The monoisotopic (exact) mass is 519 g/mol. The van der Waals surface area contributed by atoms with E-state index < -0.39 is 0 Å². The number of benzene rings is 3. The van der Waals surface area contributed by atoms with Crippen molar-refractivity contribution in [3.8, 4) is 17.2 Å². The van der Waals surface area contributed by atoms with Crippen LogP contribution in [-0.2, 0) is 6.61 Å². The molecule has 6 heteroatoms. The summed E-state index contributed by atoms with van der Waals surface area (Å²) in [6.45, 7) is 5.11. The minimum Gasteiger partial charge on any atom is -0.494 e. The molecule has 0 amide bonds. The molecule has 0 atom stereocenters. The van der Waals surface area contributed by atoms with Crippen LogP contribution in [-0.4, -0.2) is 19.4 Å². The molecular formula is C24H23FINO3.